The molecule has 6 nitrogen and oxygen atoms in total. The van der Waals surface area contributed by atoms with Gasteiger partial charge in [0.2, 0.25) is 5.89 Å². The van der Waals surface area contributed by atoms with E-state index in [2.05, 4.69) is 28.7 Å². The number of amides is 1. The highest BCUT2D eigenvalue weighted by atomic mass is 35.5. The number of nitrogens with zero attached hydrogens (tertiary/aromatic N) is 2. The first kappa shape index (κ1) is 20.0. The molecule has 1 aliphatic rings. The molecule has 0 saturated carbocycles. The van der Waals surface area contributed by atoms with Gasteiger partial charge in [-0.15, -0.1) is 0 Å². The minimum Gasteiger partial charge on any atom is -0.444 e. The number of hydrogen-bond acceptors (Lipinski definition) is 4. The van der Waals surface area contributed by atoms with Crippen molar-refractivity contribution in [2.24, 2.45) is 11.8 Å². The van der Waals surface area contributed by atoms with Crippen molar-refractivity contribution in [3.8, 4) is 11.5 Å². The van der Waals surface area contributed by atoms with Gasteiger partial charge in [0.1, 0.15) is 6.26 Å². The van der Waals surface area contributed by atoms with Gasteiger partial charge in [-0.3, -0.25) is 4.79 Å². The molecule has 3 aromatic rings. The van der Waals surface area contributed by atoms with Crippen molar-refractivity contribution in [1.29, 1.82) is 0 Å². The van der Waals surface area contributed by atoms with Crippen molar-refractivity contribution in [3.63, 3.8) is 0 Å². The Hall–Kier alpha value is -2.31. The number of hydrogen-bond donors (Lipinski definition) is 1. The normalized spacial score (nSPS) is 15.3. The van der Waals surface area contributed by atoms with Crippen molar-refractivity contribution in [1.82, 2.24) is 14.9 Å². The van der Waals surface area contributed by atoms with Gasteiger partial charge in [-0.25, -0.2) is 4.98 Å². The van der Waals surface area contributed by atoms with Crippen molar-refractivity contribution >= 4 is 28.4 Å². The van der Waals surface area contributed by atoms with Crippen molar-refractivity contribution in [3.05, 3.63) is 41.4 Å². The Morgan fingerprint density at radius 1 is 1.34 bits per heavy atom. The molecule has 154 valence electrons. The molecule has 2 aromatic heterocycles. The highest BCUT2D eigenvalue weighted by Gasteiger charge is 2.20. The van der Waals surface area contributed by atoms with Gasteiger partial charge in [-0.2, -0.15) is 0 Å². The maximum Gasteiger partial charge on any atom is 0.273 e. The second-order valence-corrected chi connectivity index (χ2v) is 8.49. The first-order valence-corrected chi connectivity index (χ1v) is 10.5. The minimum absolute atomic E-state index is 0.213. The van der Waals surface area contributed by atoms with Crippen LogP contribution < -0.4 is 5.32 Å². The predicted octanol–water partition coefficient (Wildman–Crippen LogP) is 4.76. The molecule has 1 aromatic carbocycles. The molecule has 1 aliphatic heterocycles. The topological polar surface area (TPSA) is 69.3 Å². The van der Waals surface area contributed by atoms with Gasteiger partial charge in [0.15, 0.2) is 5.69 Å². The van der Waals surface area contributed by atoms with Crippen LogP contribution in [0.2, 0.25) is 5.02 Å². The van der Waals surface area contributed by atoms with E-state index in [1.807, 2.05) is 24.4 Å². The maximum absolute atomic E-state index is 12.5. The first-order chi connectivity index (χ1) is 14.0. The van der Waals surface area contributed by atoms with E-state index in [1.54, 1.807) is 0 Å². The third-order valence-corrected chi connectivity index (χ3v) is 5.50. The number of benzene rings is 1. The Labute approximate surface area is 175 Å². The Balaban J connectivity index is 1.56. The van der Waals surface area contributed by atoms with Gasteiger partial charge < -0.3 is 19.0 Å². The third kappa shape index (κ3) is 4.49. The number of aromatic nitrogens is 2. The summed E-state index contributed by atoms with van der Waals surface area (Å²) in [4.78, 5) is 17.0. The number of ether oxygens (including phenoxy) is 1. The van der Waals surface area contributed by atoms with E-state index in [0.29, 0.717) is 35.0 Å². The number of oxazole rings is 1. The summed E-state index contributed by atoms with van der Waals surface area (Å²) in [5.74, 6) is 1.16. The summed E-state index contributed by atoms with van der Waals surface area (Å²) in [7, 11) is 0. The molecule has 0 bridgehead atoms. The van der Waals surface area contributed by atoms with Crippen LogP contribution in [0.1, 0.15) is 37.2 Å². The van der Waals surface area contributed by atoms with E-state index in [0.717, 1.165) is 49.1 Å². The van der Waals surface area contributed by atoms with E-state index in [-0.39, 0.29) is 5.91 Å². The number of carbonyl (C=O) groups excluding carboxylic acids is 1. The lowest BCUT2D eigenvalue weighted by atomic mass is 10.0. The van der Waals surface area contributed by atoms with Crippen LogP contribution in [0, 0.1) is 11.8 Å². The summed E-state index contributed by atoms with van der Waals surface area (Å²) in [6.45, 7) is 7.38. The lowest BCUT2D eigenvalue weighted by Gasteiger charge is -2.21. The number of halogens is 1. The molecular weight excluding hydrogens is 390 g/mol. The summed E-state index contributed by atoms with van der Waals surface area (Å²) < 4.78 is 13.2. The summed E-state index contributed by atoms with van der Waals surface area (Å²) in [6, 6.07) is 5.81. The van der Waals surface area contributed by atoms with Gasteiger partial charge >= 0.3 is 0 Å². The predicted molar refractivity (Wildman–Crippen MR) is 113 cm³/mol. The highest BCUT2D eigenvalue weighted by molar-refractivity contribution is 6.31. The fourth-order valence-electron chi connectivity index (χ4n) is 3.76. The average Bonchev–Trinajstić information content (AvgIpc) is 3.32. The molecule has 0 unspecified atom stereocenters. The Bertz CT molecular complexity index is 1000. The second-order valence-electron chi connectivity index (χ2n) is 8.05. The highest BCUT2D eigenvalue weighted by Crippen LogP contribution is 2.32. The quantitative estimate of drug-likeness (QED) is 0.630. The van der Waals surface area contributed by atoms with Crippen molar-refractivity contribution in [2.75, 3.05) is 19.8 Å². The average molecular weight is 416 g/mol. The minimum atomic E-state index is -0.213. The summed E-state index contributed by atoms with van der Waals surface area (Å²) in [5, 5.41) is 4.59. The fraction of sp³-hybridized carbons (Fsp3) is 0.455. The van der Waals surface area contributed by atoms with Crippen LogP contribution in [0.15, 0.2) is 35.1 Å². The number of rotatable bonds is 6. The Morgan fingerprint density at radius 3 is 2.90 bits per heavy atom. The number of fused-ring (bicyclic) bond motifs is 1. The molecule has 1 fully saturated rings. The van der Waals surface area contributed by atoms with E-state index in [4.69, 9.17) is 20.8 Å². The van der Waals surface area contributed by atoms with Crippen LogP contribution in [0.3, 0.4) is 0 Å². The van der Waals surface area contributed by atoms with Crippen LogP contribution in [0.4, 0.5) is 0 Å². The van der Waals surface area contributed by atoms with Crippen LogP contribution in [-0.4, -0.2) is 35.2 Å². The molecule has 1 saturated heterocycles. The molecular formula is C22H26ClN3O3. The zero-order valence-corrected chi connectivity index (χ0v) is 17.5. The largest absolute Gasteiger partial charge is 0.444 e. The SMILES string of the molecule is CC(C)Cn1cc(-c2nc(C(=O)NCC3CCOCC3)co2)c2cc(Cl)ccc21. The number of nitrogens with one attached hydrogen (secondary N) is 1. The van der Waals surface area contributed by atoms with Crippen molar-refractivity contribution in [2.45, 2.75) is 33.2 Å². The Kier molecular flexibility index (Phi) is 5.92. The fourth-order valence-corrected chi connectivity index (χ4v) is 3.94. The molecule has 0 spiro atoms. The molecule has 0 aliphatic carbocycles. The summed E-state index contributed by atoms with van der Waals surface area (Å²) in [5.41, 5.74) is 2.20. The standard InChI is InChI=1S/C22H26ClN3O3/c1-14(2)11-26-12-18(17-9-16(23)3-4-20(17)26)22-25-19(13-29-22)21(27)24-10-15-5-7-28-8-6-15/h3-4,9,12-15H,5-8,10-11H2,1-2H3,(H,24,27). The molecule has 3 heterocycles. The van der Waals surface area contributed by atoms with Gasteiger partial charge in [0, 0.05) is 48.4 Å². The van der Waals surface area contributed by atoms with Crippen LogP contribution >= 0.6 is 11.6 Å². The molecule has 0 radical (unpaired) electrons. The smallest absolute Gasteiger partial charge is 0.273 e. The van der Waals surface area contributed by atoms with Crippen molar-refractivity contribution < 1.29 is 13.9 Å². The molecule has 7 heteroatoms. The molecule has 4 rings (SSSR count). The lowest BCUT2D eigenvalue weighted by molar-refractivity contribution is 0.0642. The zero-order valence-electron chi connectivity index (χ0n) is 16.8. The molecule has 1 N–H and O–H groups in total. The lowest BCUT2D eigenvalue weighted by Crippen LogP contribution is -2.32. The molecule has 1 amide bonds. The first-order valence-electron chi connectivity index (χ1n) is 10.1. The second kappa shape index (κ2) is 8.59. The van der Waals surface area contributed by atoms with E-state index in [1.165, 1.54) is 6.26 Å². The van der Waals surface area contributed by atoms with E-state index < -0.39 is 0 Å². The monoisotopic (exact) mass is 415 g/mol. The van der Waals surface area contributed by atoms with E-state index in [9.17, 15) is 4.79 Å². The van der Waals surface area contributed by atoms with Gasteiger partial charge in [0.25, 0.3) is 5.91 Å². The van der Waals surface area contributed by atoms with Crippen LogP contribution in [-0.2, 0) is 11.3 Å². The van der Waals surface area contributed by atoms with Gasteiger partial charge in [-0.05, 0) is 42.9 Å². The van der Waals surface area contributed by atoms with Gasteiger partial charge in [0.05, 0.1) is 5.56 Å². The maximum atomic E-state index is 12.5. The molecule has 29 heavy (non-hydrogen) atoms. The van der Waals surface area contributed by atoms with Crippen LogP contribution in [0.25, 0.3) is 22.4 Å². The Morgan fingerprint density at radius 2 is 2.14 bits per heavy atom. The van der Waals surface area contributed by atoms with E-state index >= 15 is 0 Å². The zero-order chi connectivity index (χ0) is 20.4. The third-order valence-electron chi connectivity index (χ3n) is 5.26. The van der Waals surface area contributed by atoms with Gasteiger partial charge in [-0.1, -0.05) is 25.4 Å². The van der Waals surface area contributed by atoms with Crippen LogP contribution in [0.5, 0.6) is 0 Å². The summed E-state index contributed by atoms with van der Waals surface area (Å²) in [6.07, 6.45) is 5.39. The number of carbonyl (C=O) groups is 1. The molecule has 0 atom stereocenters. The summed E-state index contributed by atoms with van der Waals surface area (Å²) >= 11 is 6.23.